The minimum atomic E-state index is -0.812. The summed E-state index contributed by atoms with van der Waals surface area (Å²) >= 11 is 0. The summed E-state index contributed by atoms with van der Waals surface area (Å²) in [6.07, 6.45) is 0. The highest BCUT2D eigenvalue weighted by Crippen LogP contribution is 2.25. The van der Waals surface area contributed by atoms with Crippen LogP contribution < -0.4 is 5.73 Å². The summed E-state index contributed by atoms with van der Waals surface area (Å²) in [6, 6.07) is 2.39. The lowest BCUT2D eigenvalue weighted by Crippen LogP contribution is -2.18. The molecule has 0 spiro atoms. The summed E-state index contributed by atoms with van der Waals surface area (Å²) in [4.78, 5) is 33.8. The number of phenols is 1. The first kappa shape index (κ1) is 11.9. The molecule has 1 rings (SSSR count). The maximum absolute atomic E-state index is 11.4. The largest absolute Gasteiger partial charge is 0.507 e. The molecule has 16 heavy (non-hydrogen) atoms. The van der Waals surface area contributed by atoms with E-state index in [1.54, 1.807) is 0 Å². The monoisotopic (exact) mass is 221 g/mol. The van der Waals surface area contributed by atoms with Gasteiger partial charge in [0.25, 0.3) is 0 Å². The van der Waals surface area contributed by atoms with Gasteiger partial charge in [0.15, 0.2) is 11.6 Å². The molecule has 84 valence electrons. The Morgan fingerprint density at radius 2 is 1.56 bits per heavy atom. The number of nitrogens with two attached hydrogens (primary N) is 1. The number of rotatable bonds is 3. The van der Waals surface area contributed by atoms with Crippen LogP contribution in [-0.2, 0) is 0 Å². The van der Waals surface area contributed by atoms with E-state index in [1.165, 1.54) is 26.0 Å². The molecule has 0 radical (unpaired) electrons. The van der Waals surface area contributed by atoms with Crippen LogP contribution in [0, 0.1) is 0 Å². The van der Waals surface area contributed by atoms with Crippen LogP contribution in [0.4, 0.5) is 0 Å². The first-order valence-corrected chi connectivity index (χ1v) is 4.54. The van der Waals surface area contributed by atoms with E-state index in [4.69, 9.17) is 5.73 Å². The summed E-state index contributed by atoms with van der Waals surface area (Å²) in [5.41, 5.74) is 4.74. The van der Waals surface area contributed by atoms with Crippen molar-refractivity contribution < 1.29 is 19.5 Å². The Labute approximate surface area is 91.9 Å². The van der Waals surface area contributed by atoms with Crippen molar-refractivity contribution in [3.8, 4) is 5.75 Å². The third-order valence-electron chi connectivity index (χ3n) is 2.15. The number of Topliss-reactive ketones (excluding diaryl/α,β-unsaturated/α-hetero) is 2. The zero-order valence-corrected chi connectivity index (χ0v) is 8.90. The van der Waals surface area contributed by atoms with E-state index < -0.39 is 17.5 Å². The van der Waals surface area contributed by atoms with Crippen LogP contribution >= 0.6 is 0 Å². The maximum Gasteiger partial charge on any atom is 0.249 e. The summed E-state index contributed by atoms with van der Waals surface area (Å²) in [6.45, 7) is 2.40. The van der Waals surface area contributed by atoms with Crippen molar-refractivity contribution in [1.82, 2.24) is 0 Å². The molecule has 5 nitrogen and oxygen atoms in total. The average Bonchev–Trinajstić information content (AvgIpc) is 2.15. The second-order valence-electron chi connectivity index (χ2n) is 3.36. The van der Waals surface area contributed by atoms with Crippen LogP contribution in [0.1, 0.15) is 44.9 Å². The topological polar surface area (TPSA) is 97.5 Å². The summed E-state index contributed by atoms with van der Waals surface area (Å²) < 4.78 is 0. The Kier molecular flexibility index (Phi) is 3.08. The second-order valence-corrected chi connectivity index (χ2v) is 3.36. The number of ketones is 2. The summed E-state index contributed by atoms with van der Waals surface area (Å²) in [5, 5.41) is 9.49. The molecule has 0 atom stereocenters. The van der Waals surface area contributed by atoms with E-state index in [0.717, 1.165) is 0 Å². The van der Waals surface area contributed by atoms with E-state index in [1.807, 2.05) is 0 Å². The minimum Gasteiger partial charge on any atom is -0.507 e. The van der Waals surface area contributed by atoms with Crippen LogP contribution in [0.3, 0.4) is 0 Å². The van der Waals surface area contributed by atoms with Crippen molar-refractivity contribution in [2.45, 2.75) is 13.8 Å². The van der Waals surface area contributed by atoms with E-state index in [0.29, 0.717) is 0 Å². The van der Waals surface area contributed by atoms with Crippen molar-refractivity contribution in [3.05, 3.63) is 28.8 Å². The van der Waals surface area contributed by atoms with Gasteiger partial charge in [-0.15, -0.1) is 0 Å². The summed E-state index contributed by atoms with van der Waals surface area (Å²) in [5.74, 6) is -2.13. The first-order valence-electron chi connectivity index (χ1n) is 4.54. The zero-order chi connectivity index (χ0) is 12.5. The number of carbonyl (C=O) groups is 3. The third kappa shape index (κ3) is 1.93. The molecule has 1 amide bonds. The Balaban J connectivity index is 3.70. The fourth-order valence-electron chi connectivity index (χ4n) is 1.52. The van der Waals surface area contributed by atoms with Gasteiger partial charge in [-0.05, 0) is 26.0 Å². The lowest BCUT2D eigenvalue weighted by Gasteiger charge is -2.09. The number of hydrogen-bond acceptors (Lipinski definition) is 4. The van der Waals surface area contributed by atoms with Gasteiger partial charge in [-0.3, -0.25) is 14.4 Å². The molecule has 1 aromatic carbocycles. The van der Waals surface area contributed by atoms with Gasteiger partial charge < -0.3 is 10.8 Å². The highest BCUT2D eigenvalue weighted by molar-refractivity contribution is 6.15. The lowest BCUT2D eigenvalue weighted by atomic mass is 9.94. The zero-order valence-electron chi connectivity index (χ0n) is 8.90. The normalized spacial score (nSPS) is 9.88. The van der Waals surface area contributed by atoms with Crippen LogP contribution in [0.15, 0.2) is 12.1 Å². The molecular formula is C11H11NO4. The highest BCUT2D eigenvalue weighted by Gasteiger charge is 2.22. The molecule has 0 aromatic heterocycles. The predicted molar refractivity (Wildman–Crippen MR) is 56.6 cm³/mol. The molecule has 0 saturated heterocycles. The standard InChI is InChI=1S/C11H11NO4/c1-5(13)9-7(11(12)16)3-4-8(15)10(9)6(2)14/h3-4,15H,1-2H3,(H2,12,16). The van der Waals surface area contributed by atoms with Crippen LogP contribution in [-0.4, -0.2) is 22.6 Å². The average molecular weight is 221 g/mol. The fraction of sp³-hybridized carbons (Fsp3) is 0.182. The number of hydrogen-bond donors (Lipinski definition) is 2. The smallest absolute Gasteiger partial charge is 0.249 e. The van der Waals surface area contributed by atoms with Crippen molar-refractivity contribution >= 4 is 17.5 Å². The molecule has 1 aromatic rings. The van der Waals surface area contributed by atoms with Crippen molar-refractivity contribution in [1.29, 1.82) is 0 Å². The van der Waals surface area contributed by atoms with E-state index >= 15 is 0 Å². The SMILES string of the molecule is CC(=O)c1c(O)ccc(C(N)=O)c1C(C)=O. The second kappa shape index (κ2) is 4.14. The number of benzene rings is 1. The molecule has 3 N–H and O–H groups in total. The van der Waals surface area contributed by atoms with Crippen LogP contribution in [0.2, 0.25) is 0 Å². The van der Waals surface area contributed by atoms with Gasteiger partial charge in [0, 0.05) is 5.56 Å². The Bertz CT molecular complexity index is 491. The molecule has 5 heteroatoms. The maximum atomic E-state index is 11.4. The molecule has 0 bridgehead atoms. The molecule has 0 aliphatic heterocycles. The van der Waals surface area contributed by atoms with Gasteiger partial charge in [0.2, 0.25) is 5.91 Å². The van der Waals surface area contributed by atoms with Gasteiger partial charge in [-0.1, -0.05) is 0 Å². The molecule has 0 aliphatic rings. The predicted octanol–water partition coefficient (Wildman–Crippen LogP) is 0.896. The van der Waals surface area contributed by atoms with Gasteiger partial charge in [0.05, 0.1) is 11.1 Å². The van der Waals surface area contributed by atoms with Gasteiger partial charge in [-0.2, -0.15) is 0 Å². The molecule has 0 unspecified atom stereocenters. The Morgan fingerprint density at radius 1 is 1.06 bits per heavy atom. The number of carbonyl (C=O) groups excluding carboxylic acids is 3. The number of aromatic hydroxyl groups is 1. The van der Waals surface area contributed by atoms with Crippen molar-refractivity contribution in [3.63, 3.8) is 0 Å². The molecule has 0 fully saturated rings. The first-order chi connectivity index (χ1) is 7.36. The number of amides is 1. The number of phenolic OH excluding ortho intramolecular Hbond substituents is 1. The van der Waals surface area contributed by atoms with E-state index in [9.17, 15) is 19.5 Å². The third-order valence-corrected chi connectivity index (χ3v) is 2.15. The number of primary amides is 1. The summed E-state index contributed by atoms with van der Waals surface area (Å²) in [7, 11) is 0. The molecule has 0 saturated carbocycles. The van der Waals surface area contributed by atoms with Crippen molar-refractivity contribution in [2.24, 2.45) is 5.73 Å². The van der Waals surface area contributed by atoms with Gasteiger partial charge in [0.1, 0.15) is 5.75 Å². The van der Waals surface area contributed by atoms with Crippen LogP contribution in [0.5, 0.6) is 5.75 Å². The molecule has 0 aliphatic carbocycles. The minimum absolute atomic E-state index is 0.0597. The Morgan fingerprint density at radius 3 is 1.94 bits per heavy atom. The van der Waals surface area contributed by atoms with Crippen molar-refractivity contribution in [2.75, 3.05) is 0 Å². The van der Waals surface area contributed by atoms with E-state index in [-0.39, 0.29) is 22.4 Å². The van der Waals surface area contributed by atoms with E-state index in [2.05, 4.69) is 0 Å². The van der Waals surface area contributed by atoms with Gasteiger partial charge >= 0.3 is 0 Å². The molecular weight excluding hydrogens is 210 g/mol. The van der Waals surface area contributed by atoms with Crippen LogP contribution in [0.25, 0.3) is 0 Å². The quantitative estimate of drug-likeness (QED) is 0.741. The highest BCUT2D eigenvalue weighted by atomic mass is 16.3. The van der Waals surface area contributed by atoms with Gasteiger partial charge in [-0.25, -0.2) is 0 Å². The fourth-order valence-corrected chi connectivity index (χ4v) is 1.52. The Hall–Kier alpha value is -2.17. The lowest BCUT2D eigenvalue weighted by molar-refractivity contribution is 0.0962. The molecule has 0 heterocycles.